The quantitative estimate of drug-likeness (QED) is 0.538. The van der Waals surface area contributed by atoms with E-state index in [2.05, 4.69) is 0 Å². The molecule has 0 N–H and O–H groups in total. The molecule has 0 unspecified atom stereocenters. The van der Waals surface area contributed by atoms with E-state index in [-0.39, 0.29) is 40.0 Å². The molecule has 4 heavy (non-hydrogen) atoms. The molecule has 0 aliphatic heterocycles. The van der Waals surface area contributed by atoms with Gasteiger partial charge < -0.3 is 0 Å². The van der Waals surface area contributed by atoms with Crippen LogP contribution in [0.1, 0.15) is 0 Å². The van der Waals surface area contributed by atoms with Gasteiger partial charge in [0.25, 0.3) is 0 Å². The van der Waals surface area contributed by atoms with Crippen LogP contribution in [0, 0.1) is 0 Å². The molecule has 0 spiro atoms. The minimum Gasteiger partial charge on any atom is -0.269 e. The Bertz CT molecular complexity index is 3.25. The minimum atomic E-state index is 0. The van der Waals surface area contributed by atoms with E-state index in [4.69, 9.17) is 0 Å². The Hall–Kier alpha value is 0.660. The van der Waals surface area contributed by atoms with Crippen LogP contribution in [0.5, 0.6) is 0 Å². The summed E-state index contributed by atoms with van der Waals surface area (Å²) >= 11 is 0. The van der Waals surface area contributed by atoms with Crippen LogP contribution in [-0.2, 0) is 25.8 Å². The van der Waals surface area contributed by atoms with Crippen LogP contribution in [0.15, 0.2) is 0 Å². The van der Waals surface area contributed by atoms with E-state index in [1.165, 1.54) is 0 Å². The van der Waals surface area contributed by atoms with Crippen LogP contribution < -0.4 is 0 Å². The fourth-order valence-electron chi connectivity index (χ4n) is 0. The topological polar surface area (TPSA) is 0 Å². The normalized spacial score (nSPS) is 0. The Morgan fingerprint density at radius 3 is 0.500 bits per heavy atom. The molecule has 0 aromatic rings. The van der Waals surface area contributed by atoms with Gasteiger partial charge in [0.1, 0.15) is 0 Å². The van der Waals surface area contributed by atoms with Crippen molar-refractivity contribution in [1.29, 1.82) is 0 Å². The van der Waals surface area contributed by atoms with E-state index in [0.29, 0.717) is 0 Å². The molecule has 0 saturated heterocycles. The molecule has 0 aliphatic carbocycles. The van der Waals surface area contributed by atoms with Gasteiger partial charge in [0.15, 0.2) is 0 Å². The molecule has 0 radical (unpaired) electrons. The molecule has 0 fully saturated rings. The predicted molar refractivity (Wildman–Crippen MR) is 7.51 cm³/mol. The van der Waals surface area contributed by atoms with Gasteiger partial charge in [-0.25, -0.2) is 0 Å². The SMILES string of the molecule is F.F.F.[Hf]. The van der Waals surface area contributed by atoms with Gasteiger partial charge in [-0.1, -0.05) is 0 Å². The standard InChI is InChI=1S/3FH.Hf/h3*1H;. The largest absolute Gasteiger partial charge is 0.269 e. The van der Waals surface area contributed by atoms with Crippen molar-refractivity contribution in [2.45, 2.75) is 0 Å². The summed E-state index contributed by atoms with van der Waals surface area (Å²) in [6.07, 6.45) is 0. The fraction of sp³-hybridized carbons (Fsp3) is 0. The Kier molecular flexibility index (Phi) is 2130. The second-order valence-electron chi connectivity index (χ2n) is 0. The fourth-order valence-corrected chi connectivity index (χ4v) is 0. The first-order valence-corrected chi connectivity index (χ1v) is 0. The minimum absolute atomic E-state index is 0. The molecule has 0 bridgehead atoms. The zero-order chi connectivity index (χ0) is 0. The molecule has 0 nitrogen and oxygen atoms in total. The van der Waals surface area contributed by atoms with Gasteiger partial charge in [-0.3, -0.25) is 14.1 Å². The number of hydrogen-bond donors (Lipinski definition) is 0. The van der Waals surface area contributed by atoms with E-state index < -0.39 is 0 Å². The van der Waals surface area contributed by atoms with Crippen molar-refractivity contribution in [2.75, 3.05) is 0 Å². The Morgan fingerprint density at radius 1 is 0.500 bits per heavy atom. The molecule has 0 rings (SSSR count). The summed E-state index contributed by atoms with van der Waals surface area (Å²) in [6, 6.07) is 0. The second-order valence-corrected chi connectivity index (χ2v) is 0. The Morgan fingerprint density at radius 2 is 0.500 bits per heavy atom. The van der Waals surface area contributed by atoms with Gasteiger partial charge in [0.05, 0.1) is 0 Å². The van der Waals surface area contributed by atoms with Crippen molar-refractivity contribution in [3.05, 3.63) is 0 Å². The van der Waals surface area contributed by atoms with Gasteiger partial charge in [0, 0.05) is 25.8 Å². The number of rotatable bonds is 0. The van der Waals surface area contributed by atoms with Crippen LogP contribution in [0.2, 0.25) is 0 Å². The van der Waals surface area contributed by atoms with Crippen LogP contribution in [-0.4, -0.2) is 0 Å². The molecule has 28 valence electrons. The van der Waals surface area contributed by atoms with Crippen LogP contribution >= 0.6 is 0 Å². The summed E-state index contributed by atoms with van der Waals surface area (Å²) in [7, 11) is 0. The molecule has 0 aromatic heterocycles. The van der Waals surface area contributed by atoms with Gasteiger partial charge >= 0.3 is 0 Å². The van der Waals surface area contributed by atoms with Crippen molar-refractivity contribution in [1.82, 2.24) is 0 Å². The maximum absolute atomic E-state index is 0. The van der Waals surface area contributed by atoms with Crippen LogP contribution in [0.3, 0.4) is 0 Å². The van der Waals surface area contributed by atoms with Gasteiger partial charge in [0.2, 0.25) is 0 Å². The van der Waals surface area contributed by atoms with E-state index in [1.807, 2.05) is 0 Å². The van der Waals surface area contributed by atoms with Gasteiger partial charge in [-0.2, -0.15) is 0 Å². The first-order chi connectivity index (χ1) is 0. The molecule has 0 saturated carbocycles. The summed E-state index contributed by atoms with van der Waals surface area (Å²) in [5, 5.41) is 0. The van der Waals surface area contributed by atoms with E-state index >= 15 is 0 Å². The second kappa shape index (κ2) is 59.4. The first kappa shape index (κ1) is 143. The summed E-state index contributed by atoms with van der Waals surface area (Å²) in [5.41, 5.74) is 0. The summed E-state index contributed by atoms with van der Waals surface area (Å²) in [5.74, 6) is 0. The van der Waals surface area contributed by atoms with E-state index in [9.17, 15) is 0 Å². The van der Waals surface area contributed by atoms with Gasteiger partial charge in [-0.05, 0) is 0 Å². The van der Waals surface area contributed by atoms with Crippen molar-refractivity contribution < 1.29 is 40.0 Å². The Balaban J connectivity index is 0. The third kappa shape index (κ3) is 16.8. The number of halogens is 3. The first-order valence-electron chi connectivity index (χ1n) is 0. The molecule has 0 amide bonds. The van der Waals surface area contributed by atoms with Crippen molar-refractivity contribution >= 4 is 0 Å². The third-order valence-corrected chi connectivity index (χ3v) is 0. The van der Waals surface area contributed by atoms with E-state index in [1.54, 1.807) is 0 Å². The Labute approximate surface area is 40.5 Å². The summed E-state index contributed by atoms with van der Waals surface area (Å²) in [6.45, 7) is 0. The number of hydrogen-bond acceptors (Lipinski definition) is 0. The monoisotopic (exact) mass is 240 g/mol. The maximum atomic E-state index is 0. The predicted octanol–water partition coefficient (Wildman–Crippen LogP) is 0.455. The molecular weight excluding hydrogens is 235 g/mol. The molecule has 0 heterocycles. The zero-order valence-corrected chi connectivity index (χ0v) is 5.32. The van der Waals surface area contributed by atoms with Crippen molar-refractivity contribution in [2.24, 2.45) is 0 Å². The smallest absolute Gasteiger partial charge is 0 e. The molecule has 0 aliphatic rings. The van der Waals surface area contributed by atoms with Gasteiger partial charge in [-0.15, -0.1) is 0 Å². The van der Waals surface area contributed by atoms with Crippen LogP contribution in [0.25, 0.3) is 0 Å². The molecule has 4 heteroatoms. The maximum Gasteiger partial charge on any atom is 0 e. The molecule has 0 atom stereocenters. The average molecular weight is 239 g/mol. The molecular formula is H3F3Hf. The average Bonchev–Trinajstić information content (AvgIpc) is 0. The van der Waals surface area contributed by atoms with E-state index in [0.717, 1.165) is 0 Å². The third-order valence-electron chi connectivity index (χ3n) is 0. The summed E-state index contributed by atoms with van der Waals surface area (Å²) in [4.78, 5) is 0. The van der Waals surface area contributed by atoms with Crippen LogP contribution in [0.4, 0.5) is 14.1 Å². The molecule has 0 aromatic carbocycles. The van der Waals surface area contributed by atoms with Crippen molar-refractivity contribution in [3.8, 4) is 0 Å². The van der Waals surface area contributed by atoms with Crippen molar-refractivity contribution in [3.63, 3.8) is 0 Å². The zero-order valence-electron chi connectivity index (χ0n) is 1.72. The summed E-state index contributed by atoms with van der Waals surface area (Å²) < 4.78 is 0.